The Bertz CT molecular complexity index is 371. The van der Waals surface area contributed by atoms with Gasteiger partial charge in [-0.1, -0.05) is 6.92 Å². The van der Waals surface area contributed by atoms with Crippen molar-refractivity contribution in [2.75, 3.05) is 32.1 Å². The average Bonchev–Trinajstić information content (AvgIpc) is 2.41. The Labute approximate surface area is 107 Å². The molecule has 100 valence electrons. The molecule has 1 aromatic heterocycles. The average molecular weight is 252 g/mol. The Hall–Kier alpha value is -1.69. The van der Waals surface area contributed by atoms with Crippen molar-refractivity contribution >= 4 is 11.9 Å². The highest BCUT2D eigenvalue weighted by atomic mass is 16.5. The van der Waals surface area contributed by atoms with Crippen LogP contribution in [0.2, 0.25) is 0 Å². The molecule has 6 nitrogen and oxygen atoms in total. The fourth-order valence-electron chi connectivity index (χ4n) is 1.32. The van der Waals surface area contributed by atoms with E-state index in [0.717, 1.165) is 12.8 Å². The summed E-state index contributed by atoms with van der Waals surface area (Å²) in [6.45, 7) is 4.06. The first-order valence-electron chi connectivity index (χ1n) is 6.12. The Morgan fingerprint density at radius 1 is 1.44 bits per heavy atom. The quantitative estimate of drug-likeness (QED) is 0.677. The zero-order chi connectivity index (χ0) is 13.2. The van der Waals surface area contributed by atoms with Gasteiger partial charge in [0.1, 0.15) is 5.69 Å². The second-order valence-corrected chi connectivity index (χ2v) is 3.79. The van der Waals surface area contributed by atoms with Gasteiger partial charge in [0, 0.05) is 33.0 Å². The first kappa shape index (κ1) is 14.4. The summed E-state index contributed by atoms with van der Waals surface area (Å²) in [5.41, 5.74) is 0.382. The summed E-state index contributed by atoms with van der Waals surface area (Å²) in [7, 11) is 1.66. The van der Waals surface area contributed by atoms with Crippen LogP contribution in [-0.2, 0) is 4.74 Å². The van der Waals surface area contributed by atoms with Crippen LogP contribution in [0.5, 0.6) is 0 Å². The number of rotatable bonds is 8. The molecular formula is C12H20N4O2. The number of nitrogens with one attached hydrogen (secondary N) is 2. The molecule has 0 aromatic carbocycles. The molecule has 2 N–H and O–H groups in total. The van der Waals surface area contributed by atoms with E-state index >= 15 is 0 Å². The zero-order valence-electron chi connectivity index (χ0n) is 10.9. The van der Waals surface area contributed by atoms with Crippen molar-refractivity contribution in [3.8, 4) is 0 Å². The summed E-state index contributed by atoms with van der Waals surface area (Å²) < 4.78 is 4.94. The van der Waals surface area contributed by atoms with E-state index in [1.54, 1.807) is 19.4 Å². The standard InChI is InChI=1S/C12H20N4O2/c1-3-6-13-11(17)10-5-8-15-12(16-10)14-7-4-9-18-2/h5,8H,3-4,6-7,9H2,1-2H3,(H,13,17)(H,14,15,16). The van der Waals surface area contributed by atoms with Crippen molar-refractivity contribution < 1.29 is 9.53 Å². The van der Waals surface area contributed by atoms with Crippen molar-refractivity contribution in [1.82, 2.24) is 15.3 Å². The normalized spacial score (nSPS) is 10.1. The summed E-state index contributed by atoms with van der Waals surface area (Å²) in [4.78, 5) is 19.9. The van der Waals surface area contributed by atoms with E-state index in [9.17, 15) is 4.79 Å². The minimum Gasteiger partial charge on any atom is -0.385 e. The Morgan fingerprint density at radius 3 is 3.00 bits per heavy atom. The van der Waals surface area contributed by atoms with Gasteiger partial charge in [-0.2, -0.15) is 0 Å². The van der Waals surface area contributed by atoms with Crippen LogP contribution in [0.15, 0.2) is 12.3 Å². The summed E-state index contributed by atoms with van der Waals surface area (Å²) in [5, 5.41) is 5.82. The lowest BCUT2D eigenvalue weighted by atomic mass is 10.3. The first-order chi connectivity index (χ1) is 8.77. The van der Waals surface area contributed by atoms with E-state index in [1.807, 2.05) is 6.92 Å². The lowest BCUT2D eigenvalue weighted by Crippen LogP contribution is -2.25. The number of aromatic nitrogens is 2. The van der Waals surface area contributed by atoms with Crippen LogP contribution >= 0.6 is 0 Å². The molecule has 0 saturated heterocycles. The first-order valence-corrected chi connectivity index (χ1v) is 6.12. The van der Waals surface area contributed by atoms with Crippen LogP contribution in [0.4, 0.5) is 5.95 Å². The molecule has 0 aliphatic heterocycles. The largest absolute Gasteiger partial charge is 0.385 e. The van der Waals surface area contributed by atoms with E-state index in [-0.39, 0.29) is 5.91 Å². The van der Waals surface area contributed by atoms with Crippen molar-refractivity contribution in [1.29, 1.82) is 0 Å². The number of nitrogens with zero attached hydrogens (tertiary/aromatic N) is 2. The van der Waals surface area contributed by atoms with Gasteiger partial charge in [0.2, 0.25) is 5.95 Å². The van der Waals surface area contributed by atoms with Crippen LogP contribution in [0.1, 0.15) is 30.3 Å². The van der Waals surface area contributed by atoms with E-state index in [0.29, 0.717) is 31.3 Å². The van der Waals surface area contributed by atoms with Gasteiger partial charge in [-0.15, -0.1) is 0 Å². The van der Waals surface area contributed by atoms with Crippen LogP contribution in [0, 0.1) is 0 Å². The smallest absolute Gasteiger partial charge is 0.270 e. The molecule has 1 heterocycles. The number of ether oxygens (including phenoxy) is 1. The van der Waals surface area contributed by atoms with Gasteiger partial charge in [0.15, 0.2) is 0 Å². The lowest BCUT2D eigenvalue weighted by Gasteiger charge is -2.06. The van der Waals surface area contributed by atoms with Gasteiger partial charge < -0.3 is 15.4 Å². The Morgan fingerprint density at radius 2 is 2.28 bits per heavy atom. The van der Waals surface area contributed by atoms with E-state index in [1.165, 1.54) is 0 Å². The summed E-state index contributed by atoms with van der Waals surface area (Å²) in [6, 6.07) is 1.60. The molecule has 18 heavy (non-hydrogen) atoms. The molecule has 0 fully saturated rings. The molecule has 0 unspecified atom stereocenters. The molecule has 0 saturated carbocycles. The molecule has 1 amide bonds. The van der Waals surface area contributed by atoms with Gasteiger partial charge in [-0.3, -0.25) is 4.79 Å². The van der Waals surface area contributed by atoms with E-state index in [4.69, 9.17) is 4.74 Å². The monoisotopic (exact) mass is 252 g/mol. The molecule has 1 rings (SSSR count). The number of methoxy groups -OCH3 is 1. The number of hydrogen-bond acceptors (Lipinski definition) is 5. The van der Waals surface area contributed by atoms with Crippen LogP contribution in [0.25, 0.3) is 0 Å². The van der Waals surface area contributed by atoms with Crippen molar-refractivity contribution in [3.05, 3.63) is 18.0 Å². The Balaban J connectivity index is 2.48. The fraction of sp³-hybridized carbons (Fsp3) is 0.583. The molecular weight excluding hydrogens is 232 g/mol. The number of carbonyl (C=O) groups is 1. The molecule has 1 aromatic rings. The lowest BCUT2D eigenvalue weighted by molar-refractivity contribution is 0.0948. The van der Waals surface area contributed by atoms with Gasteiger partial charge in [0.25, 0.3) is 5.91 Å². The maximum Gasteiger partial charge on any atom is 0.270 e. The van der Waals surface area contributed by atoms with Crippen LogP contribution in [-0.4, -0.2) is 42.7 Å². The molecule has 0 atom stereocenters. The molecule has 0 radical (unpaired) electrons. The van der Waals surface area contributed by atoms with Crippen molar-refractivity contribution in [2.24, 2.45) is 0 Å². The third kappa shape index (κ3) is 5.09. The predicted octanol–water partition coefficient (Wildman–Crippen LogP) is 1.06. The minimum absolute atomic E-state index is 0.167. The number of amides is 1. The van der Waals surface area contributed by atoms with Gasteiger partial charge in [-0.05, 0) is 18.9 Å². The van der Waals surface area contributed by atoms with E-state index < -0.39 is 0 Å². The molecule has 0 aliphatic rings. The molecule has 0 spiro atoms. The predicted molar refractivity (Wildman–Crippen MR) is 69.6 cm³/mol. The van der Waals surface area contributed by atoms with Crippen molar-refractivity contribution in [3.63, 3.8) is 0 Å². The molecule has 0 aliphatic carbocycles. The third-order valence-electron chi connectivity index (χ3n) is 2.23. The third-order valence-corrected chi connectivity index (χ3v) is 2.23. The fourth-order valence-corrected chi connectivity index (χ4v) is 1.32. The molecule has 6 heteroatoms. The SMILES string of the molecule is CCCNC(=O)c1ccnc(NCCCOC)n1. The highest BCUT2D eigenvalue weighted by Gasteiger charge is 2.07. The van der Waals surface area contributed by atoms with Gasteiger partial charge in [0.05, 0.1) is 0 Å². The number of anilines is 1. The highest BCUT2D eigenvalue weighted by Crippen LogP contribution is 2.00. The summed E-state index contributed by atoms with van der Waals surface area (Å²) >= 11 is 0. The topological polar surface area (TPSA) is 76.1 Å². The second-order valence-electron chi connectivity index (χ2n) is 3.79. The Kier molecular flexibility index (Phi) is 6.71. The van der Waals surface area contributed by atoms with Crippen molar-refractivity contribution in [2.45, 2.75) is 19.8 Å². The summed E-state index contributed by atoms with van der Waals surface area (Å²) in [5.74, 6) is 0.300. The minimum atomic E-state index is -0.167. The van der Waals surface area contributed by atoms with Crippen LogP contribution < -0.4 is 10.6 Å². The second kappa shape index (κ2) is 8.41. The summed E-state index contributed by atoms with van der Waals surface area (Å²) in [6.07, 6.45) is 3.34. The van der Waals surface area contributed by atoms with Crippen LogP contribution in [0.3, 0.4) is 0 Å². The van der Waals surface area contributed by atoms with Gasteiger partial charge in [-0.25, -0.2) is 9.97 Å². The van der Waals surface area contributed by atoms with Gasteiger partial charge >= 0.3 is 0 Å². The maximum absolute atomic E-state index is 11.7. The number of carbonyl (C=O) groups excluding carboxylic acids is 1. The van der Waals surface area contributed by atoms with E-state index in [2.05, 4.69) is 20.6 Å². The highest BCUT2D eigenvalue weighted by molar-refractivity contribution is 5.92. The number of hydrogen-bond donors (Lipinski definition) is 2. The zero-order valence-corrected chi connectivity index (χ0v) is 10.9. The maximum atomic E-state index is 11.7. The molecule has 0 bridgehead atoms.